The molecule has 8 heteroatoms. The Labute approximate surface area is 148 Å². The maximum Gasteiger partial charge on any atom is 0.410 e. The van der Waals surface area contributed by atoms with Gasteiger partial charge in [0.15, 0.2) is 0 Å². The van der Waals surface area contributed by atoms with E-state index in [1.807, 2.05) is 0 Å². The van der Waals surface area contributed by atoms with Gasteiger partial charge >= 0.3 is 6.09 Å². The lowest BCUT2D eigenvalue weighted by Gasteiger charge is -2.26. The van der Waals surface area contributed by atoms with Gasteiger partial charge < -0.3 is 9.64 Å². The van der Waals surface area contributed by atoms with Crippen molar-refractivity contribution in [3.8, 4) is 0 Å². The van der Waals surface area contributed by atoms with Crippen LogP contribution >= 0.6 is 11.6 Å². The first-order valence-corrected chi connectivity index (χ1v) is 9.65. The van der Waals surface area contributed by atoms with Gasteiger partial charge in [-0.25, -0.2) is 13.2 Å². The zero-order valence-corrected chi connectivity index (χ0v) is 15.7. The van der Waals surface area contributed by atoms with Gasteiger partial charge in [0.25, 0.3) is 0 Å². The molecule has 2 rings (SSSR count). The fourth-order valence-electron chi connectivity index (χ4n) is 2.40. The number of rotatable bonds is 2. The van der Waals surface area contributed by atoms with E-state index < -0.39 is 21.7 Å². The summed E-state index contributed by atoms with van der Waals surface area (Å²) in [6.45, 7) is 6.80. The number of carbonyl (C=O) groups excluding carboxylic acids is 1. The molecule has 0 spiro atoms. The summed E-state index contributed by atoms with van der Waals surface area (Å²) in [5.41, 5.74) is -0.571. The number of sulfonamides is 1. The van der Waals surface area contributed by atoms with E-state index in [1.54, 1.807) is 37.8 Å². The lowest BCUT2D eigenvalue weighted by molar-refractivity contribution is 0.0260. The Morgan fingerprint density at radius 2 is 1.71 bits per heavy atom. The molecule has 24 heavy (non-hydrogen) atoms. The van der Waals surface area contributed by atoms with Gasteiger partial charge in [0.1, 0.15) is 5.60 Å². The second-order valence-corrected chi connectivity index (χ2v) is 9.05. The van der Waals surface area contributed by atoms with Crippen LogP contribution in [-0.4, -0.2) is 55.5 Å². The normalized spacial score (nSPS) is 17.4. The van der Waals surface area contributed by atoms with E-state index in [0.29, 0.717) is 31.1 Å². The van der Waals surface area contributed by atoms with Gasteiger partial charge in [0.05, 0.1) is 4.90 Å². The largest absolute Gasteiger partial charge is 0.444 e. The average molecular weight is 375 g/mol. The minimum atomic E-state index is -3.59. The molecule has 1 saturated heterocycles. The van der Waals surface area contributed by atoms with E-state index in [1.165, 1.54) is 16.4 Å². The highest BCUT2D eigenvalue weighted by Gasteiger charge is 2.29. The molecule has 1 amide bonds. The summed E-state index contributed by atoms with van der Waals surface area (Å²) in [5.74, 6) is 0. The topological polar surface area (TPSA) is 66.9 Å². The molecule has 1 aliphatic rings. The van der Waals surface area contributed by atoms with Gasteiger partial charge in [-0.2, -0.15) is 4.31 Å². The predicted octanol–water partition coefficient (Wildman–Crippen LogP) is 2.97. The number of ether oxygens (including phenoxy) is 1. The molecule has 6 nitrogen and oxygen atoms in total. The summed E-state index contributed by atoms with van der Waals surface area (Å²) < 4.78 is 32.2. The SMILES string of the molecule is CC(C)(C)OC(=O)N1CCCN(S(=O)(=O)c2ccc(Cl)cc2)CC1. The zero-order chi connectivity index (χ0) is 18.0. The van der Waals surface area contributed by atoms with E-state index in [0.717, 1.165) is 0 Å². The number of hydrogen-bond donors (Lipinski definition) is 0. The first-order chi connectivity index (χ1) is 11.1. The maximum absolute atomic E-state index is 12.7. The average Bonchev–Trinajstić information content (AvgIpc) is 2.72. The summed E-state index contributed by atoms with van der Waals surface area (Å²) in [6.07, 6.45) is 0.153. The quantitative estimate of drug-likeness (QED) is 0.798. The Bertz CT molecular complexity index is 683. The van der Waals surface area contributed by atoms with Crippen LogP contribution < -0.4 is 0 Å². The van der Waals surface area contributed by atoms with Crippen molar-refractivity contribution in [2.75, 3.05) is 26.2 Å². The highest BCUT2D eigenvalue weighted by Crippen LogP contribution is 2.20. The summed E-state index contributed by atoms with van der Waals surface area (Å²) in [5, 5.41) is 0.487. The van der Waals surface area contributed by atoms with Gasteiger partial charge in [0, 0.05) is 31.2 Å². The molecule has 0 N–H and O–H groups in total. The number of nitrogens with zero attached hydrogens (tertiary/aromatic N) is 2. The van der Waals surface area contributed by atoms with Crippen LogP contribution in [0.5, 0.6) is 0 Å². The van der Waals surface area contributed by atoms with Crippen molar-refractivity contribution in [3.05, 3.63) is 29.3 Å². The maximum atomic E-state index is 12.7. The molecule has 1 aromatic rings. The lowest BCUT2D eigenvalue weighted by atomic mass is 10.2. The molecular weight excluding hydrogens is 352 g/mol. The van der Waals surface area contributed by atoms with E-state index in [4.69, 9.17) is 16.3 Å². The number of benzene rings is 1. The van der Waals surface area contributed by atoms with Crippen molar-refractivity contribution in [2.24, 2.45) is 0 Å². The monoisotopic (exact) mass is 374 g/mol. The number of carbonyl (C=O) groups is 1. The number of hydrogen-bond acceptors (Lipinski definition) is 4. The third-order valence-electron chi connectivity index (χ3n) is 3.56. The molecule has 0 bridgehead atoms. The Morgan fingerprint density at radius 1 is 1.08 bits per heavy atom. The Morgan fingerprint density at radius 3 is 2.29 bits per heavy atom. The molecule has 1 aliphatic heterocycles. The molecule has 1 aromatic carbocycles. The number of halogens is 1. The fraction of sp³-hybridized carbons (Fsp3) is 0.562. The summed E-state index contributed by atoms with van der Waals surface area (Å²) in [6, 6.07) is 6.10. The smallest absolute Gasteiger partial charge is 0.410 e. The standard InChI is InChI=1S/C16H23ClN2O4S/c1-16(2,3)23-15(20)18-9-4-10-19(12-11-18)24(21,22)14-7-5-13(17)6-8-14/h5-8H,4,9-12H2,1-3H3. The summed E-state index contributed by atoms with van der Waals surface area (Å²) >= 11 is 5.81. The van der Waals surface area contributed by atoms with Crippen molar-refractivity contribution in [1.29, 1.82) is 0 Å². The van der Waals surface area contributed by atoms with Crippen LogP contribution in [0.25, 0.3) is 0 Å². The Balaban J connectivity index is 2.07. The van der Waals surface area contributed by atoms with Crippen molar-refractivity contribution in [1.82, 2.24) is 9.21 Å². The lowest BCUT2D eigenvalue weighted by Crippen LogP contribution is -2.40. The molecule has 0 atom stereocenters. The van der Waals surface area contributed by atoms with Gasteiger partial charge in [-0.1, -0.05) is 11.6 Å². The summed E-state index contributed by atoms with van der Waals surface area (Å²) in [7, 11) is -3.59. The van der Waals surface area contributed by atoms with Crippen molar-refractivity contribution < 1.29 is 17.9 Å². The van der Waals surface area contributed by atoms with Crippen LogP contribution in [0.15, 0.2) is 29.2 Å². The van der Waals surface area contributed by atoms with Gasteiger partial charge in [0.2, 0.25) is 10.0 Å². The third-order valence-corrected chi connectivity index (χ3v) is 5.72. The van der Waals surface area contributed by atoms with Crippen LogP contribution in [-0.2, 0) is 14.8 Å². The number of amides is 1. The van der Waals surface area contributed by atoms with E-state index >= 15 is 0 Å². The second-order valence-electron chi connectivity index (χ2n) is 6.68. The Kier molecular flexibility index (Phi) is 5.78. The van der Waals surface area contributed by atoms with Crippen molar-refractivity contribution >= 4 is 27.7 Å². The van der Waals surface area contributed by atoms with Crippen LogP contribution in [0.4, 0.5) is 4.79 Å². The molecule has 0 saturated carbocycles. The molecule has 134 valence electrons. The molecular formula is C16H23ClN2O4S. The molecule has 1 heterocycles. The predicted molar refractivity (Wildman–Crippen MR) is 92.6 cm³/mol. The van der Waals surface area contributed by atoms with Gasteiger partial charge in [-0.15, -0.1) is 0 Å². The minimum absolute atomic E-state index is 0.206. The zero-order valence-electron chi connectivity index (χ0n) is 14.2. The van der Waals surface area contributed by atoms with E-state index in [9.17, 15) is 13.2 Å². The van der Waals surface area contributed by atoms with Crippen molar-refractivity contribution in [2.45, 2.75) is 37.7 Å². The second kappa shape index (κ2) is 7.29. The van der Waals surface area contributed by atoms with Crippen LogP contribution in [0, 0.1) is 0 Å². The summed E-state index contributed by atoms with van der Waals surface area (Å²) in [4.78, 5) is 13.9. The fourth-order valence-corrected chi connectivity index (χ4v) is 3.99. The molecule has 0 unspecified atom stereocenters. The first-order valence-electron chi connectivity index (χ1n) is 7.83. The van der Waals surface area contributed by atoms with Crippen molar-refractivity contribution in [3.63, 3.8) is 0 Å². The first kappa shape index (κ1) is 19.0. The molecule has 0 aliphatic carbocycles. The Hall–Kier alpha value is -1.31. The van der Waals surface area contributed by atoms with Crippen LogP contribution in [0.1, 0.15) is 27.2 Å². The molecule has 0 aromatic heterocycles. The van der Waals surface area contributed by atoms with Crippen LogP contribution in [0.2, 0.25) is 5.02 Å². The van der Waals surface area contributed by atoms with Crippen LogP contribution in [0.3, 0.4) is 0 Å². The van der Waals surface area contributed by atoms with Gasteiger partial charge in [-0.05, 0) is 51.5 Å². The third kappa shape index (κ3) is 4.84. The molecule has 0 radical (unpaired) electrons. The van der Waals surface area contributed by atoms with E-state index in [-0.39, 0.29) is 11.4 Å². The van der Waals surface area contributed by atoms with Gasteiger partial charge in [-0.3, -0.25) is 0 Å². The highest BCUT2D eigenvalue weighted by molar-refractivity contribution is 7.89. The molecule has 1 fully saturated rings. The minimum Gasteiger partial charge on any atom is -0.444 e. The van der Waals surface area contributed by atoms with E-state index in [2.05, 4.69) is 0 Å². The highest BCUT2D eigenvalue weighted by atomic mass is 35.5.